The second-order valence-electron chi connectivity index (χ2n) is 7.96. The van der Waals surface area contributed by atoms with E-state index in [0.717, 1.165) is 18.2 Å². The molecule has 10 heteroatoms. The minimum absolute atomic E-state index is 0.0647. The van der Waals surface area contributed by atoms with E-state index in [1.165, 1.54) is 4.31 Å². The van der Waals surface area contributed by atoms with Crippen molar-refractivity contribution in [2.45, 2.75) is 38.3 Å². The summed E-state index contributed by atoms with van der Waals surface area (Å²) in [6.45, 7) is 0.921. The number of likely N-dealkylation sites (tertiary alicyclic amines) is 1. The van der Waals surface area contributed by atoms with Crippen LogP contribution in [0.2, 0.25) is 0 Å². The fraction of sp³-hybridized carbons (Fsp3) is 0.476. The van der Waals surface area contributed by atoms with E-state index in [4.69, 9.17) is 4.74 Å². The van der Waals surface area contributed by atoms with E-state index in [0.29, 0.717) is 42.2 Å². The Morgan fingerprint density at radius 3 is 2.81 bits per heavy atom. The number of ether oxygens (including phenoxy) is 1. The van der Waals surface area contributed by atoms with Gasteiger partial charge in [-0.1, -0.05) is 18.2 Å². The molecule has 1 N–H and O–H groups in total. The molecule has 2 aliphatic heterocycles. The van der Waals surface area contributed by atoms with Crippen molar-refractivity contribution >= 4 is 15.9 Å². The summed E-state index contributed by atoms with van der Waals surface area (Å²) in [5.41, 5.74) is 1.54. The van der Waals surface area contributed by atoms with Crippen molar-refractivity contribution in [3.8, 4) is 5.75 Å². The molecule has 1 fully saturated rings. The lowest BCUT2D eigenvalue weighted by Crippen LogP contribution is -2.40. The van der Waals surface area contributed by atoms with E-state index in [1.807, 2.05) is 24.3 Å². The Kier molecular flexibility index (Phi) is 5.85. The summed E-state index contributed by atoms with van der Waals surface area (Å²) in [7, 11) is -1.80. The highest BCUT2D eigenvalue weighted by molar-refractivity contribution is 7.88. The summed E-state index contributed by atoms with van der Waals surface area (Å²) in [6, 6.07) is 7.06. The first-order valence-electron chi connectivity index (χ1n) is 10.3. The lowest BCUT2D eigenvalue weighted by molar-refractivity contribution is -0.131. The summed E-state index contributed by atoms with van der Waals surface area (Å²) < 4.78 is 30.6. The first kappa shape index (κ1) is 21.5. The molecule has 2 aliphatic rings. The van der Waals surface area contributed by atoms with Crippen LogP contribution in [0.5, 0.6) is 5.75 Å². The molecule has 1 unspecified atom stereocenters. The molecule has 166 valence electrons. The van der Waals surface area contributed by atoms with Crippen molar-refractivity contribution in [2.24, 2.45) is 0 Å². The number of amides is 1. The third-order valence-corrected chi connectivity index (χ3v) is 7.20. The number of aromatic amines is 1. The Balaban J connectivity index is 1.60. The number of para-hydroxylation sites is 1. The summed E-state index contributed by atoms with van der Waals surface area (Å²) >= 11 is 0. The van der Waals surface area contributed by atoms with Gasteiger partial charge in [-0.05, 0) is 25.3 Å². The maximum atomic E-state index is 13.1. The molecule has 31 heavy (non-hydrogen) atoms. The molecule has 1 amide bonds. The van der Waals surface area contributed by atoms with Gasteiger partial charge in [0.25, 0.3) is 5.56 Å². The quantitative estimate of drug-likeness (QED) is 0.733. The number of nitrogens with zero attached hydrogens (tertiary/aromatic N) is 3. The minimum Gasteiger partial charge on any atom is -0.496 e. The van der Waals surface area contributed by atoms with Crippen LogP contribution in [0.25, 0.3) is 0 Å². The average molecular weight is 447 g/mol. The van der Waals surface area contributed by atoms with E-state index in [9.17, 15) is 18.0 Å². The molecule has 1 aromatic heterocycles. The number of hydrogen-bond acceptors (Lipinski definition) is 6. The molecule has 1 atom stereocenters. The number of nitrogens with one attached hydrogen (secondary N) is 1. The molecule has 1 aromatic carbocycles. The van der Waals surface area contributed by atoms with Gasteiger partial charge in [0.15, 0.2) is 0 Å². The zero-order valence-corrected chi connectivity index (χ0v) is 18.4. The summed E-state index contributed by atoms with van der Waals surface area (Å²) in [6.07, 6.45) is 3.17. The average Bonchev–Trinajstić information content (AvgIpc) is 3.23. The van der Waals surface area contributed by atoms with Gasteiger partial charge in [-0.2, -0.15) is 4.31 Å². The van der Waals surface area contributed by atoms with Gasteiger partial charge in [-0.25, -0.2) is 13.4 Å². The smallest absolute Gasteiger partial charge is 0.254 e. The Labute approximate surface area is 181 Å². The standard InChI is InChI=1S/C21H26N4O5S/c1-30-18-8-4-3-6-14(18)12-19(26)25-10-5-7-17(25)20-22-16-13-24(31(2,28)29)11-9-15(16)21(27)23-20/h3-4,6,8,17H,5,7,9-13H2,1-2H3,(H,22,23,27). The van der Waals surface area contributed by atoms with Crippen LogP contribution in [0, 0.1) is 0 Å². The summed E-state index contributed by atoms with van der Waals surface area (Å²) in [4.78, 5) is 35.0. The van der Waals surface area contributed by atoms with Crippen LogP contribution in [0.3, 0.4) is 0 Å². The molecule has 0 saturated carbocycles. The third kappa shape index (κ3) is 4.35. The maximum absolute atomic E-state index is 13.1. The highest BCUT2D eigenvalue weighted by atomic mass is 32.2. The number of H-pyrrole nitrogens is 1. The van der Waals surface area contributed by atoms with E-state index < -0.39 is 10.0 Å². The topological polar surface area (TPSA) is 113 Å². The second kappa shape index (κ2) is 8.43. The van der Waals surface area contributed by atoms with Crippen LogP contribution in [-0.2, 0) is 34.2 Å². The Hall–Kier alpha value is -2.72. The molecule has 0 aliphatic carbocycles. The SMILES string of the molecule is COc1ccccc1CC(=O)N1CCCC1c1nc2c(c(=O)[nH]1)CCN(S(C)(=O)=O)C2. The van der Waals surface area contributed by atoms with Crippen molar-refractivity contribution < 1.29 is 17.9 Å². The van der Waals surface area contributed by atoms with Crippen LogP contribution in [0.1, 0.15) is 41.5 Å². The molecule has 1 saturated heterocycles. The number of methoxy groups -OCH3 is 1. The van der Waals surface area contributed by atoms with E-state index >= 15 is 0 Å². The number of sulfonamides is 1. The highest BCUT2D eigenvalue weighted by Crippen LogP contribution is 2.31. The first-order valence-corrected chi connectivity index (χ1v) is 12.1. The predicted molar refractivity (Wildman–Crippen MR) is 114 cm³/mol. The Bertz CT molecular complexity index is 1160. The lowest BCUT2D eigenvalue weighted by atomic mass is 10.1. The van der Waals surface area contributed by atoms with Crippen LogP contribution >= 0.6 is 0 Å². The fourth-order valence-electron chi connectivity index (χ4n) is 4.34. The van der Waals surface area contributed by atoms with E-state index in [1.54, 1.807) is 12.0 Å². The van der Waals surface area contributed by atoms with Gasteiger partial charge in [-0.15, -0.1) is 0 Å². The zero-order chi connectivity index (χ0) is 22.2. The van der Waals surface area contributed by atoms with E-state index in [2.05, 4.69) is 9.97 Å². The highest BCUT2D eigenvalue weighted by Gasteiger charge is 2.34. The summed E-state index contributed by atoms with van der Waals surface area (Å²) in [5.74, 6) is 1.02. The summed E-state index contributed by atoms with van der Waals surface area (Å²) in [5, 5.41) is 0. The monoisotopic (exact) mass is 446 g/mol. The lowest BCUT2D eigenvalue weighted by Gasteiger charge is -2.28. The van der Waals surface area contributed by atoms with Crippen LogP contribution < -0.4 is 10.3 Å². The molecular formula is C21H26N4O5S. The maximum Gasteiger partial charge on any atom is 0.254 e. The van der Waals surface area contributed by atoms with E-state index in [-0.39, 0.29) is 37.0 Å². The molecule has 0 bridgehead atoms. The molecular weight excluding hydrogens is 420 g/mol. The number of carbonyl (C=O) groups is 1. The number of hydrogen-bond donors (Lipinski definition) is 1. The largest absolute Gasteiger partial charge is 0.496 e. The van der Waals surface area contributed by atoms with Crippen molar-refractivity contribution in [1.29, 1.82) is 0 Å². The molecule has 9 nitrogen and oxygen atoms in total. The normalized spacial score (nSPS) is 19.3. The van der Waals surface area contributed by atoms with Gasteiger partial charge in [0.05, 0.1) is 38.1 Å². The van der Waals surface area contributed by atoms with Crippen molar-refractivity contribution in [3.63, 3.8) is 0 Å². The number of carbonyl (C=O) groups excluding carboxylic acids is 1. The minimum atomic E-state index is -3.37. The molecule has 0 spiro atoms. The number of benzene rings is 1. The van der Waals surface area contributed by atoms with Crippen LogP contribution in [-0.4, -0.2) is 60.0 Å². The number of rotatable bonds is 5. The Morgan fingerprint density at radius 1 is 1.29 bits per heavy atom. The zero-order valence-electron chi connectivity index (χ0n) is 17.6. The second-order valence-corrected chi connectivity index (χ2v) is 9.94. The van der Waals surface area contributed by atoms with Gasteiger partial charge in [0.2, 0.25) is 15.9 Å². The van der Waals surface area contributed by atoms with Crippen LogP contribution in [0.15, 0.2) is 29.1 Å². The molecule has 3 heterocycles. The van der Waals surface area contributed by atoms with Gasteiger partial charge in [-0.3, -0.25) is 9.59 Å². The third-order valence-electron chi connectivity index (χ3n) is 5.95. The fourth-order valence-corrected chi connectivity index (χ4v) is 5.12. The number of aromatic nitrogens is 2. The van der Waals surface area contributed by atoms with Gasteiger partial charge >= 0.3 is 0 Å². The first-order chi connectivity index (χ1) is 14.8. The van der Waals surface area contributed by atoms with Gasteiger partial charge < -0.3 is 14.6 Å². The van der Waals surface area contributed by atoms with Crippen molar-refractivity contribution in [3.05, 3.63) is 57.3 Å². The van der Waals surface area contributed by atoms with Crippen molar-refractivity contribution in [1.82, 2.24) is 19.2 Å². The van der Waals surface area contributed by atoms with Crippen LogP contribution in [0.4, 0.5) is 0 Å². The van der Waals surface area contributed by atoms with Crippen molar-refractivity contribution in [2.75, 3.05) is 26.5 Å². The Morgan fingerprint density at radius 2 is 2.06 bits per heavy atom. The molecule has 0 radical (unpaired) electrons. The van der Waals surface area contributed by atoms with Gasteiger partial charge in [0.1, 0.15) is 11.6 Å². The predicted octanol–water partition coefficient (Wildman–Crippen LogP) is 1.00. The van der Waals surface area contributed by atoms with Gasteiger partial charge in [0, 0.05) is 24.2 Å². The molecule has 2 aromatic rings. The molecule has 4 rings (SSSR count). The number of fused-ring (bicyclic) bond motifs is 1.